The number of thioether (sulfide) groups is 1. The normalized spacial score (nSPS) is 11.6. The molecule has 0 fully saturated rings. The van der Waals surface area contributed by atoms with Crippen molar-refractivity contribution in [3.63, 3.8) is 0 Å². The average molecular weight is 416 g/mol. The average Bonchev–Trinajstić information content (AvgIpc) is 2.96. The maximum Gasteiger partial charge on any atom is 0.289 e. The van der Waals surface area contributed by atoms with Crippen LogP contribution in [0.2, 0.25) is 5.02 Å². The van der Waals surface area contributed by atoms with Gasteiger partial charge in [0.2, 0.25) is 0 Å². The Balaban J connectivity index is 1.96. The molecule has 3 rings (SSSR count). The van der Waals surface area contributed by atoms with Gasteiger partial charge in [-0.15, -0.1) is 11.3 Å². The number of nitro groups is 1. The van der Waals surface area contributed by atoms with Crippen LogP contribution in [0.4, 0.5) is 11.4 Å². The molecule has 0 bridgehead atoms. The van der Waals surface area contributed by atoms with Crippen molar-refractivity contribution in [1.29, 1.82) is 0 Å². The van der Waals surface area contributed by atoms with Crippen molar-refractivity contribution in [3.8, 4) is 0 Å². The number of fused-ring (bicyclic) bond motifs is 1. The van der Waals surface area contributed by atoms with E-state index in [2.05, 4.69) is 9.71 Å². The van der Waals surface area contributed by atoms with Gasteiger partial charge < -0.3 is 0 Å². The number of hydrogen-bond acceptors (Lipinski definition) is 7. The van der Waals surface area contributed by atoms with Gasteiger partial charge in [-0.3, -0.25) is 14.8 Å². The number of nitrogens with one attached hydrogen (secondary N) is 1. The number of thiazole rings is 1. The molecule has 2 aromatic carbocycles. The molecule has 1 aromatic heterocycles. The topological polar surface area (TPSA) is 102 Å². The molecule has 0 amide bonds. The number of benzene rings is 2. The number of anilines is 1. The van der Waals surface area contributed by atoms with E-state index in [9.17, 15) is 18.5 Å². The largest absolute Gasteiger partial charge is 0.289 e. The van der Waals surface area contributed by atoms with E-state index < -0.39 is 20.6 Å². The highest BCUT2D eigenvalue weighted by Crippen LogP contribution is 2.31. The van der Waals surface area contributed by atoms with Gasteiger partial charge in [-0.1, -0.05) is 23.4 Å². The quantitative estimate of drug-likeness (QED) is 0.377. The number of rotatable bonds is 5. The van der Waals surface area contributed by atoms with Crippen molar-refractivity contribution < 1.29 is 13.3 Å². The fourth-order valence-corrected chi connectivity index (χ4v) is 4.85. The fourth-order valence-electron chi connectivity index (χ4n) is 2.07. The summed E-state index contributed by atoms with van der Waals surface area (Å²) in [4.78, 5) is 14.4. The van der Waals surface area contributed by atoms with Crippen molar-refractivity contribution >= 4 is 66.3 Å². The fraction of sp³-hybridized carbons (Fsp3) is 0.0714. The molecular formula is C14H10ClN3O4S3. The van der Waals surface area contributed by atoms with Gasteiger partial charge in [0.1, 0.15) is 5.02 Å². The number of nitro benzene ring substituents is 1. The SMILES string of the molecule is CSc1nc2ccc(NS(=O)(=O)c3ccc(Cl)c([N+](=O)[O-])c3)cc2s1. The van der Waals surface area contributed by atoms with Gasteiger partial charge in [-0.05, 0) is 36.6 Å². The molecule has 130 valence electrons. The first-order chi connectivity index (χ1) is 11.8. The summed E-state index contributed by atoms with van der Waals surface area (Å²) in [5, 5.41) is 10.8. The molecule has 11 heteroatoms. The predicted molar refractivity (Wildman–Crippen MR) is 100 cm³/mol. The van der Waals surface area contributed by atoms with E-state index in [-0.39, 0.29) is 9.92 Å². The van der Waals surface area contributed by atoms with Gasteiger partial charge in [0.15, 0.2) is 4.34 Å². The van der Waals surface area contributed by atoms with Crippen LogP contribution in [0.5, 0.6) is 0 Å². The van der Waals surface area contributed by atoms with Gasteiger partial charge in [-0.25, -0.2) is 13.4 Å². The highest BCUT2D eigenvalue weighted by atomic mass is 35.5. The molecule has 0 aliphatic rings. The highest BCUT2D eigenvalue weighted by Gasteiger charge is 2.21. The Kier molecular flexibility index (Phi) is 4.87. The third-order valence-electron chi connectivity index (χ3n) is 3.22. The van der Waals surface area contributed by atoms with Gasteiger partial charge in [-0.2, -0.15) is 0 Å². The molecule has 0 unspecified atom stereocenters. The lowest BCUT2D eigenvalue weighted by Gasteiger charge is -2.08. The molecule has 0 spiro atoms. The Bertz CT molecular complexity index is 1080. The van der Waals surface area contributed by atoms with Crippen LogP contribution in [-0.2, 0) is 10.0 Å². The van der Waals surface area contributed by atoms with E-state index in [1.165, 1.54) is 35.2 Å². The zero-order chi connectivity index (χ0) is 18.2. The van der Waals surface area contributed by atoms with E-state index in [4.69, 9.17) is 11.6 Å². The molecule has 0 aliphatic carbocycles. The Labute approximate surface area is 156 Å². The molecule has 7 nitrogen and oxygen atoms in total. The zero-order valence-electron chi connectivity index (χ0n) is 12.6. The predicted octanol–water partition coefficient (Wildman–Crippen LogP) is 4.38. The van der Waals surface area contributed by atoms with E-state index >= 15 is 0 Å². The lowest BCUT2D eigenvalue weighted by Crippen LogP contribution is -2.13. The summed E-state index contributed by atoms with van der Waals surface area (Å²) in [6.45, 7) is 0. The van der Waals surface area contributed by atoms with Gasteiger partial charge >= 0.3 is 0 Å². The Morgan fingerprint density at radius 2 is 2.04 bits per heavy atom. The Hall–Kier alpha value is -1.88. The minimum atomic E-state index is -3.99. The summed E-state index contributed by atoms with van der Waals surface area (Å²) in [6, 6.07) is 8.32. The van der Waals surface area contributed by atoms with Crippen LogP contribution in [0.25, 0.3) is 10.2 Å². The first-order valence-electron chi connectivity index (χ1n) is 6.71. The van der Waals surface area contributed by atoms with Crippen molar-refractivity contribution in [3.05, 3.63) is 51.5 Å². The molecule has 0 saturated carbocycles. The minimum Gasteiger partial charge on any atom is -0.280 e. The number of aromatic nitrogens is 1. The van der Waals surface area contributed by atoms with E-state index in [1.54, 1.807) is 18.2 Å². The Morgan fingerprint density at radius 1 is 1.28 bits per heavy atom. The maximum absolute atomic E-state index is 12.5. The van der Waals surface area contributed by atoms with Gasteiger partial charge in [0.25, 0.3) is 15.7 Å². The van der Waals surface area contributed by atoms with Crippen molar-refractivity contribution in [2.75, 3.05) is 11.0 Å². The second kappa shape index (κ2) is 6.79. The van der Waals surface area contributed by atoms with Gasteiger partial charge in [0, 0.05) is 6.07 Å². The summed E-state index contributed by atoms with van der Waals surface area (Å²) in [5.74, 6) is 0. The summed E-state index contributed by atoms with van der Waals surface area (Å²) in [6.07, 6.45) is 1.91. The first-order valence-corrected chi connectivity index (χ1v) is 10.6. The summed E-state index contributed by atoms with van der Waals surface area (Å²) in [7, 11) is -3.99. The first kappa shape index (κ1) is 17.9. The molecule has 1 N–H and O–H groups in total. The number of sulfonamides is 1. The highest BCUT2D eigenvalue weighted by molar-refractivity contribution is 8.00. The lowest BCUT2D eigenvalue weighted by atomic mass is 10.3. The molecule has 0 aliphatic heterocycles. The summed E-state index contributed by atoms with van der Waals surface area (Å²) in [5.41, 5.74) is 0.660. The minimum absolute atomic E-state index is 0.125. The Morgan fingerprint density at radius 3 is 2.72 bits per heavy atom. The van der Waals surface area contributed by atoms with Crippen LogP contribution in [0.15, 0.2) is 45.6 Å². The van der Waals surface area contributed by atoms with Crippen LogP contribution >= 0.6 is 34.7 Å². The molecule has 1 heterocycles. The molecule has 0 saturated heterocycles. The molecule has 3 aromatic rings. The molecule has 0 radical (unpaired) electrons. The van der Waals surface area contributed by atoms with Crippen LogP contribution in [0, 0.1) is 10.1 Å². The van der Waals surface area contributed by atoms with Crippen molar-refractivity contribution in [2.24, 2.45) is 0 Å². The van der Waals surface area contributed by atoms with E-state index in [0.717, 1.165) is 20.6 Å². The van der Waals surface area contributed by atoms with Crippen LogP contribution < -0.4 is 4.72 Å². The van der Waals surface area contributed by atoms with Crippen LogP contribution in [0.1, 0.15) is 0 Å². The van der Waals surface area contributed by atoms with Crippen LogP contribution in [-0.4, -0.2) is 24.6 Å². The number of halogens is 1. The van der Waals surface area contributed by atoms with Crippen molar-refractivity contribution in [1.82, 2.24) is 4.98 Å². The number of hydrogen-bond donors (Lipinski definition) is 1. The maximum atomic E-state index is 12.5. The van der Waals surface area contributed by atoms with Crippen molar-refractivity contribution in [2.45, 2.75) is 9.24 Å². The van der Waals surface area contributed by atoms with Gasteiger partial charge in [0.05, 0.1) is 25.7 Å². The summed E-state index contributed by atoms with van der Waals surface area (Å²) >= 11 is 8.68. The standard InChI is InChI=1S/C14H10ClN3O4S3/c1-23-14-16-11-5-2-8(6-13(11)24-14)17-25(21,22)9-3-4-10(15)12(7-9)18(19)20/h2-7,17H,1H3. The van der Waals surface area contributed by atoms with E-state index in [1.807, 2.05) is 6.26 Å². The smallest absolute Gasteiger partial charge is 0.280 e. The lowest BCUT2D eigenvalue weighted by molar-refractivity contribution is -0.384. The molecule has 25 heavy (non-hydrogen) atoms. The zero-order valence-corrected chi connectivity index (χ0v) is 15.8. The molecular weight excluding hydrogens is 406 g/mol. The second-order valence-electron chi connectivity index (χ2n) is 4.84. The number of nitrogens with zero attached hydrogens (tertiary/aromatic N) is 2. The second-order valence-corrected chi connectivity index (χ2v) is 9.02. The monoisotopic (exact) mass is 415 g/mol. The summed E-state index contributed by atoms with van der Waals surface area (Å²) < 4.78 is 29.1. The molecule has 0 atom stereocenters. The third-order valence-corrected chi connectivity index (χ3v) is 6.92. The third kappa shape index (κ3) is 3.71. The van der Waals surface area contributed by atoms with Crippen LogP contribution in [0.3, 0.4) is 0 Å². The van der Waals surface area contributed by atoms with E-state index in [0.29, 0.717) is 5.69 Å².